The van der Waals surface area contributed by atoms with Gasteiger partial charge in [-0.05, 0) is 25.8 Å². The molecule has 27 heavy (non-hydrogen) atoms. The Bertz CT molecular complexity index is 634. The van der Waals surface area contributed by atoms with Crippen LogP contribution in [0, 0.1) is 0 Å². The average Bonchev–Trinajstić information content (AvgIpc) is 2.63. The SMILES string of the molecule is CCNC(=NCC(C)(O)c1ccccc1)NCCN1C(=O)CCCC1=O.I. The standard InChI is InChI=1S/C19H28N4O3.HI/c1-3-20-18(21-12-13-23-16(24)10-7-11-17(23)25)22-14-19(2,26)15-8-5-4-6-9-15;/h4-6,8-9,26H,3,7,10-14H2,1-2H3,(H2,20,21,22);1H. The molecule has 1 aliphatic rings. The van der Waals surface area contributed by atoms with Gasteiger partial charge >= 0.3 is 0 Å². The third-order valence-electron chi connectivity index (χ3n) is 4.30. The van der Waals surface area contributed by atoms with Gasteiger partial charge in [-0.15, -0.1) is 24.0 Å². The molecular formula is C19H29IN4O3. The van der Waals surface area contributed by atoms with Crippen LogP contribution >= 0.6 is 24.0 Å². The number of aliphatic hydroxyl groups is 1. The quantitative estimate of drug-likeness (QED) is 0.235. The van der Waals surface area contributed by atoms with Gasteiger partial charge in [-0.2, -0.15) is 0 Å². The van der Waals surface area contributed by atoms with Gasteiger partial charge in [0.1, 0.15) is 5.60 Å². The Morgan fingerprint density at radius 1 is 1.19 bits per heavy atom. The molecule has 1 saturated heterocycles. The fraction of sp³-hybridized carbons (Fsp3) is 0.526. The molecule has 0 bridgehead atoms. The second-order valence-electron chi connectivity index (χ2n) is 6.55. The summed E-state index contributed by atoms with van der Waals surface area (Å²) in [5.41, 5.74) is -0.285. The van der Waals surface area contributed by atoms with Crippen LogP contribution in [0.2, 0.25) is 0 Å². The lowest BCUT2D eigenvalue weighted by Gasteiger charge is -2.25. The number of carbonyl (C=O) groups is 2. The normalized spacial score (nSPS) is 17.1. The molecule has 3 N–H and O–H groups in total. The molecule has 0 aliphatic carbocycles. The predicted octanol–water partition coefficient (Wildman–Crippen LogP) is 1.61. The Morgan fingerprint density at radius 3 is 2.41 bits per heavy atom. The van der Waals surface area contributed by atoms with E-state index in [1.807, 2.05) is 37.3 Å². The summed E-state index contributed by atoms with van der Waals surface area (Å²) in [5.74, 6) is 0.314. The highest BCUT2D eigenvalue weighted by atomic mass is 127. The molecule has 1 atom stereocenters. The van der Waals surface area contributed by atoms with E-state index < -0.39 is 5.60 Å². The van der Waals surface area contributed by atoms with Crippen molar-refractivity contribution in [2.75, 3.05) is 26.2 Å². The number of rotatable bonds is 7. The molecule has 1 heterocycles. The van der Waals surface area contributed by atoms with Crippen LogP contribution in [0.1, 0.15) is 38.7 Å². The van der Waals surface area contributed by atoms with Gasteiger partial charge in [0.2, 0.25) is 11.8 Å². The van der Waals surface area contributed by atoms with E-state index in [-0.39, 0.29) is 42.3 Å². The number of hydrogen-bond donors (Lipinski definition) is 3. The van der Waals surface area contributed by atoms with Crippen LogP contribution in [-0.4, -0.2) is 54.0 Å². The first-order valence-electron chi connectivity index (χ1n) is 9.07. The molecule has 2 rings (SSSR count). The fourth-order valence-corrected chi connectivity index (χ4v) is 2.80. The van der Waals surface area contributed by atoms with Crippen molar-refractivity contribution in [2.24, 2.45) is 4.99 Å². The molecular weight excluding hydrogens is 459 g/mol. The molecule has 1 aromatic rings. The minimum Gasteiger partial charge on any atom is -0.384 e. The summed E-state index contributed by atoms with van der Waals surface area (Å²) in [6.45, 7) is 5.26. The number of guanidine groups is 1. The number of halogens is 1. The number of nitrogens with zero attached hydrogens (tertiary/aromatic N) is 2. The second-order valence-corrected chi connectivity index (χ2v) is 6.55. The number of nitrogens with one attached hydrogen (secondary N) is 2. The Balaban J connectivity index is 0.00000364. The van der Waals surface area contributed by atoms with Crippen LogP contribution in [0.5, 0.6) is 0 Å². The van der Waals surface area contributed by atoms with Gasteiger partial charge in [0.05, 0.1) is 6.54 Å². The number of amides is 2. The molecule has 150 valence electrons. The third-order valence-corrected chi connectivity index (χ3v) is 4.30. The fourth-order valence-electron chi connectivity index (χ4n) is 2.80. The monoisotopic (exact) mass is 488 g/mol. The van der Waals surface area contributed by atoms with Gasteiger partial charge < -0.3 is 15.7 Å². The van der Waals surface area contributed by atoms with Gasteiger partial charge in [-0.1, -0.05) is 30.3 Å². The average molecular weight is 488 g/mol. The first kappa shape index (κ1) is 23.4. The molecule has 8 heteroatoms. The van der Waals surface area contributed by atoms with Gasteiger partial charge in [0.25, 0.3) is 0 Å². The summed E-state index contributed by atoms with van der Waals surface area (Å²) in [6, 6.07) is 9.39. The van der Waals surface area contributed by atoms with Crippen molar-refractivity contribution in [2.45, 2.75) is 38.7 Å². The molecule has 1 unspecified atom stereocenters. The van der Waals surface area contributed by atoms with E-state index >= 15 is 0 Å². The van der Waals surface area contributed by atoms with E-state index in [2.05, 4.69) is 15.6 Å². The smallest absolute Gasteiger partial charge is 0.229 e. The lowest BCUT2D eigenvalue weighted by molar-refractivity contribution is -0.147. The summed E-state index contributed by atoms with van der Waals surface area (Å²) >= 11 is 0. The van der Waals surface area contributed by atoms with Crippen LogP contribution in [0.15, 0.2) is 35.3 Å². The predicted molar refractivity (Wildman–Crippen MR) is 116 cm³/mol. The van der Waals surface area contributed by atoms with Gasteiger partial charge in [0, 0.05) is 32.5 Å². The topological polar surface area (TPSA) is 94.0 Å². The van der Waals surface area contributed by atoms with E-state index in [4.69, 9.17) is 0 Å². The Morgan fingerprint density at radius 2 is 1.81 bits per heavy atom. The number of likely N-dealkylation sites (tertiary alicyclic amines) is 1. The maximum Gasteiger partial charge on any atom is 0.229 e. The molecule has 2 amide bonds. The van der Waals surface area contributed by atoms with Gasteiger partial charge in [-0.25, -0.2) is 4.99 Å². The van der Waals surface area contributed by atoms with Crippen molar-refractivity contribution in [3.8, 4) is 0 Å². The number of hydrogen-bond acceptors (Lipinski definition) is 4. The third kappa shape index (κ3) is 7.10. The Labute approximate surface area is 177 Å². The molecule has 7 nitrogen and oxygen atoms in total. The number of imide groups is 1. The van der Waals surface area contributed by atoms with E-state index in [0.29, 0.717) is 44.9 Å². The van der Waals surface area contributed by atoms with Crippen LogP contribution in [0.4, 0.5) is 0 Å². The minimum absolute atomic E-state index is 0. The molecule has 0 aromatic heterocycles. The highest BCUT2D eigenvalue weighted by Gasteiger charge is 2.25. The van der Waals surface area contributed by atoms with Crippen molar-refractivity contribution in [3.63, 3.8) is 0 Å². The summed E-state index contributed by atoms with van der Waals surface area (Å²) in [6.07, 6.45) is 1.50. The minimum atomic E-state index is -1.08. The summed E-state index contributed by atoms with van der Waals surface area (Å²) in [5, 5.41) is 16.9. The maximum atomic E-state index is 11.8. The summed E-state index contributed by atoms with van der Waals surface area (Å²) in [4.78, 5) is 29.4. The highest BCUT2D eigenvalue weighted by molar-refractivity contribution is 14.0. The maximum absolute atomic E-state index is 11.8. The van der Waals surface area contributed by atoms with Crippen LogP contribution in [-0.2, 0) is 15.2 Å². The van der Waals surface area contributed by atoms with E-state index in [0.717, 1.165) is 5.56 Å². The van der Waals surface area contributed by atoms with Crippen molar-refractivity contribution >= 4 is 41.8 Å². The number of carbonyl (C=O) groups excluding carboxylic acids is 2. The van der Waals surface area contributed by atoms with E-state index in [9.17, 15) is 14.7 Å². The van der Waals surface area contributed by atoms with Crippen molar-refractivity contribution < 1.29 is 14.7 Å². The first-order valence-corrected chi connectivity index (χ1v) is 9.07. The summed E-state index contributed by atoms with van der Waals surface area (Å²) < 4.78 is 0. The largest absolute Gasteiger partial charge is 0.384 e. The molecule has 0 radical (unpaired) electrons. The van der Waals surface area contributed by atoms with E-state index in [1.165, 1.54) is 4.90 Å². The number of piperidine rings is 1. The zero-order valence-corrected chi connectivity index (χ0v) is 18.2. The number of benzene rings is 1. The van der Waals surface area contributed by atoms with E-state index in [1.54, 1.807) is 6.92 Å². The van der Waals surface area contributed by atoms with Gasteiger partial charge in [0.15, 0.2) is 5.96 Å². The summed E-state index contributed by atoms with van der Waals surface area (Å²) in [7, 11) is 0. The molecule has 0 saturated carbocycles. The first-order chi connectivity index (χ1) is 12.4. The molecule has 1 aromatic carbocycles. The highest BCUT2D eigenvalue weighted by Crippen LogP contribution is 2.20. The van der Waals surface area contributed by atoms with Crippen molar-refractivity contribution in [1.82, 2.24) is 15.5 Å². The lowest BCUT2D eigenvalue weighted by atomic mass is 9.96. The zero-order valence-electron chi connectivity index (χ0n) is 15.9. The number of aliphatic imine (C=N–C) groups is 1. The zero-order chi connectivity index (χ0) is 19.0. The van der Waals surface area contributed by atoms with Gasteiger partial charge in [-0.3, -0.25) is 14.5 Å². The Hall–Kier alpha value is -1.68. The molecule has 1 aliphatic heterocycles. The Kier molecular flexibility index (Phi) is 9.71. The van der Waals surface area contributed by atoms with Crippen LogP contribution in [0.25, 0.3) is 0 Å². The van der Waals surface area contributed by atoms with Crippen molar-refractivity contribution in [3.05, 3.63) is 35.9 Å². The molecule has 1 fully saturated rings. The van der Waals surface area contributed by atoms with Crippen molar-refractivity contribution in [1.29, 1.82) is 0 Å². The lowest BCUT2D eigenvalue weighted by Crippen LogP contribution is -2.46. The molecule has 0 spiro atoms. The second kappa shape index (κ2) is 11.2. The van der Waals surface area contributed by atoms with Crippen LogP contribution < -0.4 is 10.6 Å². The van der Waals surface area contributed by atoms with Crippen LogP contribution in [0.3, 0.4) is 0 Å².